The van der Waals surface area contributed by atoms with E-state index in [4.69, 9.17) is 4.42 Å². The molecular weight excluding hydrogens is 420 g/mol. The van der Waals surface area contributed by atoms with Gasteiger partial charge in [-0.1, -0.05) is 32.0 Å². The fraction of sp³-hybridized carbons (Fsp3) is 0.480. The SMILES string of the molecule is Cc1oc2ncn(CC(C)C)c(=O)c2c1C(=O)N(Cc1ccccc1O)C1CCN(C)CC1. The number of fused-ring (bicyclic) bond motifs is 1. The van der Waals surface area contributed by atoms with Crippen LogP contribution in [-0.4, -0.2) is 56.5 Å². The molecule has 4 rings (SSSR count). The molecule has 33 heavy (non-hydrogen) atoms. The fourth-order valence-electron chi connectivity index (χ4n) is 4.56. The molecule has 0 spiro atoms. The number of furan rings is 1. The number of aryl methyl sites for hydroxylation is 1. The van der Waals surface area contributed by atoms with Gasteiger partial charge in [0, 0.05) is 24.7 Å². The van der Waals surface area contributed by atoms with E-state index in [1.807, 2.05) is 26.0 Å². The Kier molecular flexibility index (Phi) is 6.56. The number of amides is 1. The van der Waals surface area contributed by atoms with Gasteiger partial charge >= 0.3 is 0 Å². The van der Waals surface area contributed by atoms with E-state index in [1.165, 1.54) is 6.33 Å². The van der Waals surface area contributed by atoms with Crippen LogP contribution in [0.4, 0.5) is 0 Å². The zero-order valence-electron chi connectivity index (χ0n) is 19.7. The van der Waals surface area contributed by atoms with Gasteiger partial charge in [0.2, 0.25) is 5.71 Å². The number of para-hydroxylation sites is 1. The van der Waals surface area contributed by atoms with E-state index in [9.17, 15) is 14.7 Å². The van der Waals surface area contributed by atoms with Crippen LogP contribution in [-0.2, 0) is 13.1 Å². The number of aromatic nitrogens is 2. The Morgan fingerprint density at radius 3 is 2.64 bits per heavy atom. The first-order valence-electron chi connectivity index (χ1n) is 11.5. The molecule has 3 aromatic rings. The van der Waals surface area contributed by atoms with E-state index >= 15 is 0 Å². The first-order chi connectivity index (χ1) is 15.8. The van der Waals surface area contributed by atoms with Crippen LogP contribution < -0.4 is 5.56 Å². The highest BCUT2D eigenvalue weighted by Gasteiger charge is 2.33. The quantitative estimate of drug-likeness (QED) is 0.616. The largest absolute Gasteiger partial charge is 0.508 e. The number of hydrogen-bond donors (Lipinski definition) is 1. The van der Waals surface area contributed by atoms with Crippen LogP contribution in [0.1, 0.15) is 48.4 Å². The molecule has 0 aliphatic carbocycles. The average molecular weight is 453 g/mol. The van der Waals surface area contributed by atoms with Crippen molar-refractivity contribution in [1.82, 2.24) is 19.4 Å². The highest BCUT2D eigenvalue weighted by Crippen LogP contribution is 2.28. The monoisotopic (exact) mass is 452 g/mol. The van der Waals surface area contributed by atoms with Crippen molar-refractivity contribution in [1.29, 1.82) is 0 Å². The number of benzene rings is 1. The van der Waals surface area contributed by atoms with Crippen LogP contribution in [0.15, 0.2) is 39.8 Å². The lowest BCUT2D eigenvalue weighted by atomic mass is 10.0. The van der Waals surface area contributed by atoms with Gasteiger partial charge in [0.1, 0.15) is 23.2 Å². The first kappa shape index (κ1) is 23.0. The molecule has 0 unspecified atom stereocenters. The molecule has 1 aliphatic heterocycles. The smallest absolute Gasteiger partial charge is 0.265 e. The summed E-state index contributed by atoms with van der Waals surface area (Å²) in [6, 6.07) is 7.05. The highest BCUT2D eigenvalue weighted by atomic mass is 16.3. The van der Waals surface area contributed by atoms with Gasteiger partial charge in [0.25, 0.3) is 11.5 Å². The molecule has 2 aromatic heterocycles. The molecule has 1 N–H and O–H groups in total. The molecular formula is C25H32N4O4. The Morgan fingerprint density at radius 2 is 1.97 bits per heavy atom. The predicted octanol–water partition coefficient (Wildman–Crippen LogP) is 3.40. The number of piperidine rings is 1. The van der Waals surface area contributed by atoms with Crippen molar-refractivity contribution in [3.8, 4) is 5.75 Å². The van der Waals surface area contributed by atoms with Gasteiger partial charge < -0.3 is 19.3 Å². The molecule has 0 bridgehead atoms. The number of carbonyl (C=O) groups excluding carboxylic acids is 1. The molecule has 3 heterocycles. The molecule has 8 nitrogen and oxygen atoms in total. The Morgan fingerprint density at radius 1 is 1.27 bits per heavy atom. The lowest BCUT2D eigenvalue weighted by molar-refractivity contribution is 0.0568. The lowest BCUT2D eigenvalue weighted by Crippen LogP contribution is -2.46. The summed E-state index contributed by atoms with van der Waals surface area (Å²) in [6.45, 7) is 8.28. The Hall–Kier alpha value is -3.13. The normalized spacial score (nSPS) is 15.4. The van der Waals surface area contributed by atoms with Crippen molar-refractivity contribution in [2.24, 2.45) is 5.92 Å². The average Bonchev–Trinajstić information content (AvgIpc) is 3.12. The van der Waals surface area contributed by atoms with Crippen molar-refractivity contribution in [2.75, 3.05) is 20.1 Å². The van der Waals surface area contributed by atoms with Gasteiger partial charge in [-0.3, -0.25) is 14.2 Å². The summed E-state index contributed by atoms with van der Waals surface area (Å²) >= 11 is 0. The first-order valence-corrected chi connectivity index (χ1v) is 11.5. The molecule has 0 saturated carbocycles. The molecule has 0 atom stereocenters. The Labute approximate surface area is 193 Å². The van der Waals surface area contributed by atoms with Crippen LogP contribution in [0, 0.1) is 12.8 Å². The van der Waals surface area contributed by atoms with Crippen molar-refractivity contribution in [3.05, 3.63) is 57.8 Å². The third-order valence-corrected chi connectivity index (χ3v) is 6.35. The highest BCUT2D eigenvalue weighted by molar-refractivity contribution is 6.06. The maximum absolute atomic E-state index is 14.0. The lowest BCUT2D eigenvalue weighted by Gasteiger charge is -2.37. The molecule has 1 amide bonds. The van der Waals surface area contributed by atoms with E-state index in [-0.39, 0.29) is 52.4 Å². The summed E-state index contributed by atoms with van der Waals surface area (Å²) < 4.78 is 7.30. The van der Waals surface area contributed by atoms with Crippen molar-refractivity contribution in [2.45, 2.75) is 52.7 Å². The molecule has 1 fully saturated rings. The Bertz CT molecular complexity index is 1200. The molecule has 8 heteroatoms. The van der Waals surface area contributed by atoms with Crippen LogP contribution in [0.2, 0.25) is 0 Å². The number of hydrogen-bond acceptors (Lipinski definition) is 6. The number of rotatable bonds is 6. The van der Waals surface area contributed by atoms with E-state index in [1.54, 1.807) is 28.5 Å². The van der Waals surface area contributed by atoms with E-state index < -0.39 is 0 Å². The van der Waals surface area contributed by atoms with Gasteiger partial charge in [-0.2, -0.15) is 0 Å². The van der Waals surface area contributed by atoms with Crippen LogP contribution in [0.25, 0.3) is 11.1 Å². The van der Waals surface area contributed by atoms with Gasteiger partial charge in [-0.05, 0) is 51.9 Å². The second-order valence-corrected chi connectivity index (χ2v) is 9.41. The molecule has 1 aromatic carbocycles. The third kappa shape index (κ3) is 4.66. The maximum atomic E-state index is 14.0. The number of nitrogens with zero attached hydrogens (tertiary/aromatic N) is 4. The number of phenolic OH excluding ortho intramolecular Hbond substituents is 1. The van der Waals surface area contributed by atoms with Crippen LogP contribution >= 0.6 is 0 Å². The number of aromatic hydroxyl groups is 1. The van der Waals surface area contributed by atoms with E-state index in [0.717, 1.165) is 25.9 Å². The van der Waals surface area contributed by atoms with Crippen molar-refractivity contribution < 1.29 is 14.3 Å². The second-order valence-electron chi connectivity index (χ2n) is 9.41. The molecule has 176 valence electrons. The third-order valence-electron chi connectivity index (χ3n) is 6.35. The summed E-state index contributed by atoms with van der Waals surface area (Å²) in [6.07, 6.45) is 3.12. The topological polar surface area (TPSA) is 91.8 Å². The van der Waals surface area contributed by atoms with Gasteiger partial charge in [0.05, 0.1) is 5.56 Å². The summed E-state index contributed by atoms with van der Waals surface area (Å²) in [5.74, 6) is 0.534. The van der Waals surface area contributed by atoms with Crippen molar-refractivity contribution >= 4 is 17.0 Å². The predicted molar refractivity (Wildman–Crippen MR) is 126 cm³/mol. The minimum atomic E-state index is -0.264. The number of likely N-dealkylation sites (tertiary alicyclic amines) is 1. The van der Waals surface area contributed by atoms with Crippen LogP contribution in [0.3, 0.4) is 0 Å². The minimum absolute atomic E-state index is 0.00721. The van der Waals surface area contributed by atoms with Crippen molar-refractivity contribution in [3.63, 3.8) is 0 Å². The summed E-state index contributed by atoms with van der Waals surface area (Å²) in [5, 5.41) is 10.6. The number of phenols is 1. The van der Waals surface area contributed by atoms with Gasteiger partial charge in [-0.15, -0.1) is 0 Å². The summed E-state index contributed by atoms with van der Waals surface area (Å²) in [7, 11) is 2.07. The number of carbonyl (C=O) groups is 1. The van der Waals surface area contributed by atoms with Crippen LogP contribution in [0.5, 0.6) is 5.75 Å². The van der Waals surface area contributed by atoms with Gasteiger partial charge in [0.15, 0.2) is 0 Å². The molecule has 1 saturated heterocycles. The van der Waals surface area contributed by atoms with E-state index in [2.05, 4.69) is 16.9 Å². The molecule has 0 radical (unpaired) electrons. The fourth-order valence-corrected chi connectivity index (χ4v) is 4.56. The Balaban J connectivity index is 1.79. The zero-order chi connectivity index (χ0) is 23.7. The summed E-state index contributed by atoms with van der Waals surface area (Å²) in [5.41, 5.74) is 0.868. The zero-order valence-corrected chi connectivity index (χ0v) is 19.7. The minimum Gasteiger partial charge on any atom is -0.508 e. The maximum Gasteiger partial charge on any atom is 0.265 e. The van der Waals surface area contributed by atoms with Gasteiger partial charge in [-0.25, -0.2) is 4.98 Å². The summed E-state index contributed by atoms with van der Waals surface area (Å²) in [4.78, 5) is 35.7. The van der Waals surface area contributed by atoms with E-state index in [0.29, 0.717) is 17.9 Å². The standard InChI is InChI=1S/C25H32N4O4/c1-16(2)13-28-15-26-23-22(24(28)31)21(17(3)33-23)25(32)29(19-9-11-27(4)12-10-19)14-18-7-5-6-8-20(18)30/h5-8,15-16,19,30H,9-14H2,1-4H3. The molecule has 1 aliphatic rings. The second kappa shape index (κ2) is 9.39.